The van der Waals surface area contributed by atoms with Crippen LogP contribution in [0.1, 0.15) is 162 Å². The summed E-state index contributed by atoms with van der Waals surface area (Å²) < 4.78 is 0. The number of unbranched alkanes of at least 4 members (excludes halogenated alkanes) is 20. The highest BCUT2D eigenvalue weighted by molar-refractivity contribution is 7.99. The van der Waals surface area contributed by atoms with Crippen LogP contribution in [0.15, 0.2) is 0 Å². The molecule has 0 aliphatic rings. The third-order valence-corrected chi connectivity index (χ3v) is 8.16. The Morgan fingerprint density at radius 2 is 0.794 bits per heavy atom. The molecule has 0 aromatic heterocycles. The molecule has 0 aliphatic carbocycles. The van der Waals surface area contributed by atoms with E-state index in [9.17, 15) is 0 Å². The molecule has 0 rings (SSSR count). The molecule has 1 N–H and O–H groups in total. The lowest BCUT2D eigenvalue weighted by molar-refractivity contribution is 0.234. The van der Waals surface area contributed by atoms with Crippen molar-refractivity contribution >= 4 is 11.8 Å². The van der Waals surface area contributed by atoms with Gasteiger partial charge in [0.1, 0.15) is 0 Å². The van der Waals surface area contributed by atoms with Crippen molar-refractivity contribution in [1.29, 1.82) is 0 Å². The molecule has 0 saturated heterocycles. The predicted octanol–water partition coefficient (Wildman–Crippen LogP) is 10.0. The minimum Gasteiger partial charge on any atom is -0.396 e. The van der Waals surface area contributed by atoms with Crippen LogP contribution >= 0.6 is 11.8 Å². The summed E-state index contributed by atoms with van der Waals surface area (Å²) in [6.07, 6.45) is 32.1. The first-order chi connectivity index (χ1) is 16.8. The maximum atomic E-state index is 9.14. The van der Waals surface area contributed by atoms with Crippen molar-refractivity contribution in [2.45, 2.75) is 162 Å². The second kappa shape index (κ2) is 31.3. The fraction of sp³-hybridized carbons (Fsp3) is 1.00. The fourth-order valence-corrected chi connectivity index (χ4v) is 5.58. The smallest absolute Gasteiger partial charge is 0.0431 e. The number of rotatable bonds is 30. The van der Waals surface area contributed by atoms with Gasteiger partial charge in [-0.15, -0.1) is 0 Å². The lowest BCUT2D eigenvalue weighted by atomic mass is 10.1. The van der Waals surface area contributed by atoms with E-state index in [4.69, 9.17) is 5.11 Å². The summed E-state index contributed by atoms with van der Waals surface area (Å²) in [7, 11) is 0. The Bertz CT molecular complexity index is 324. The van der Waals surface area contributed by atoms with Gasteiger partial charge < -0.3 is 10.0 Å². The number of hydrogen-bond donors (Lipinski definition) is 1. The van der Waals surface area contributed by atoms with Crippen molar-refractivity contribution < 1.29 is 5.11 Å². The molecule has 0 amide bonds. The van der Waals surface area contributed by atoms with E-state index in [-0.39, 0.29) is 0 Å². The number of thioether (sulfide) groups is 1. The number of nitrogens with zero attached hydrogens (tertiary/aromatic N) is 1. The summed E-state index contributed by atoms with van der Waals surface area (Å²) in [5.41, 5.74) is 0. The maximum Gasteiger partial charge on any atom is 0.0431 e. The molecule has 2 nitrogen and oxygen atoms in total. The zero-order chi connectivity index (χ0) is 24.8. The lowest BCUT2D eigenvalue weighted by Gasteiger charge is -2.22. The van der Waals surface area contributed by atoms with Crippen molar-refractivity contribution in [1.82, 2.24) is 4.90 Å². The van der Waals surface area contributed by atoms with Gasteiger partial charge in [-0.05, 0) is 63.2 Å². The van der Waals surface area contributed by atoms with Crippen LogP contribution < -0.4 is 0 Å². The quantitative estimate of drug-likeness (QED) is 0.0994. The van der Waals surface area contributed by atoms with E-state index >= 15 is 0 Å². The van der Waals surface area contributed by atoms with Crippen LogP contribution in [0.3, 0.4) is 0 Å². The highest BCUT2D eigenvalue weighted by Gasteiger charge is 2.05. The summed E-state index contributed by atoms with van der Waals surface area (Å²) in [5.74, 6) is 2.64. The molecular weight excluding hydrogens is 434 g/mol. The van der Waals surface area contributed by atoms with E-state index in [0.29, 0.717) is 6.61 Å². The van der Waals surface area contributed by atoms with Crippen LogP contribution in [0.5, 0.6) is 0 Å². The first-order valence-electron chi connectivity index (χ1n) is 15.8. The average molecular weight is 500 g/mol. The SMILES string of the molecule is CCCCCCCCCCCCCCN(CCCCO)CCCCCCCCCCCSCC. The van der Waals surface area contributed by atoms with Gasteiger partial charge in [-0.3, -0.25) is 0 Å². The van der Waals surface area contributed by atoms with Crippen LogP contribution in [0, 0.1) is 0 Å². The normalized spacial score (nSPS) is 11.6. The van der Waals surface area contributed by atoms with Crippen molar-refractivity contribution in [3.8, 4) is 0 Å². The standard InChI is InChI=1S/C31H65NOS/c1-3-5-6-7-8-9-10-11-13-16-19-22-27-32(29-24-25-30-33)28-23-20-17-14-12-15-18-21-26-31-34-4-2/h33H,3-31H2,1-2H3. The van der Waals surface area contributed by atoms with Gasteiger partial charge in [0.05, 0.1) is 0 Å². The first kappa shape index (κ1) is 34.3. The second-order valence-corrected chi connectivity index (χ2v) is 11.9. The Labute approximate surface area is 220 Å². The summed E-state index contributed by atoms with van der Waals surface area (Å²) in [5, 5.41) is 9.14. The number of hydrogen-bond acceptors (Lipinski definition) is 3. The van der Waals surface area contributed by atoms with Crippen molar-refractivity contribution in [2.75, 3.05) is 37.7 Å². The summed E-state index contributed by atoms with van der Waals surface area (Å²) >= 11 is 2.09. The van der Waals surface area contributed by atoms with E-state index in [0.717, 1.165) is 12.8 Å². The monoisotopic (exact) mass is 499 g/mol. The van der Waals surface area contributed by atoms with Crippen LogP contribution in [0.4, 0.5) is 0 Å². The molecule has 206 valence electrons. The fourth-order valence-electron chi connectivity index (χ4n) is 4.88. The maximum absolute atomic E-state index is 9.14. The van der Waals surface area contributed by atoms with E-state index in [1.807, 2.05) is 0 Å². The minimum absolute atomic E-state index is 0.351. The average Bonchev–Trinajstić information content (AvgIpc) is 2.85. The molecule has 0 fully saturated rings. The highest BCUT2D eigenvalue weighted by Crippen LogP contribution is 2.14. The first-order valence-corrected chi connectivity index (χ1v) is 16.9. The van der Waals surface area contributed by atoms with Gasteiger partial charge in [-0.2, -0.15) is 11.8 Å². The zero-order valence-electron chi connectivity index (χ0n) is 23.8. The predicted molar refractivity (Wildman–Crippen MR) is 158 cm³/mol. The topological polar surface area (TPSA) is 23.5 Å². The van der Waals surface area contributed by atoms with E-state index in [2.05, 4.69) is 30.5 Å². The Morgan fingerprint density at radius 3 is 1.18 bits per heavy atom. The molecule has 0 aromatic rings. The Morgan fingerprint density at radius 1 is 0.441 bits per heavy atom. The summed E-state index contributed by atoms with van der Waals surface area (Å²) in [6.45, 7) is 8.65. The molecular formula is C31H65NOS. The Kier molecular flexibility index (Phi) is 31.5. The lowest BCUT2D eigenvalue weighted by Crippen LogP contribution is -2.27. The van der Waals surface area contributed by atoms with Crippen molar-refractivity contribution in [3.63, 3.8) is 0 Å². The molecule has 0 radical (unpaired) electrons. The Balaban J connectivity index is 3.58. The molecule has 34 heavy (non-hydrogen) atoms. The van der Waals surface area contributed by atoms with Gasteiger partial charge in [-0.1, -0.05) is 129 Å². The van der Waals surface area contributed by atoms with Gasteiger partial charge >= 0.3 is 0 Å². The van der Waals surface area contributed by atoms with Crippen molar-refractivity contribution in [2.24, 2.45) is 0 Å². The molecule has 0 heterocycles. The van der Waals surface area contributed by atoms with Gasteiger partial charge in [0, 0.05) is 6.61 Å². The molecule has 0 aliphatic heterocycles. The Hall–Kier alpha value is 0.270. The molecule has 0 unspecified atom stereocenters. The van der Waals surface area contributed by atoms with Crippen molar-refractivity contribution in [3.05, 3.63) is 0 Å². The minimum atomic E-state index is 0.351. The number of aliphatic hydroxyl groups excluding tert-OH is 1. The molecule has 3 heteroatoms. The third-order valence-electron chi connectivity index (χ3n) is 7.18. The third kappa shape index (κ3) is 28.5. The van der Waals surface area contributed by atoms with Crippen LogP contribution in [0.2, 0.25) is 0 Å². The van der Waals surface area contributed by atoms with Crippen LogP contribution in [0.25, 0.3) is 0 Å². The number of aliphatic hydroxyl groups is 1. The molecule has 0 bridgehead atoms. The molecule has 0 atom stereocenters. The summed E-state index contributed by atoms with van der Waals surface area (Å²) in [6, 6.07) is 0. The highest BCUT2D eigenvalue weighted by atomic mass is 32.2. The zero-order valence-corrected chi connectivity index (χ0v) is 24.6. The largest absolute Gasteiger partial charge is 0.396 e. The van der Waals surface area contributed by atoms with Gasteiger partial charge in [-0.25, -0.2) is 0 Å². The van der Waals surface area contributed by atoms with Crippen LogP contribution in [-0.2, 0) is 0 Å². The van der Waals surface area contributed by atoms with Crippen LogP contribution in [-0.4, -0.2) is 47.8 Å². The summed E-state index contributed by atoms with van der Waals surface area (Å²) in [4.78, 5) is 2.69. The van der Waals surface area contributed by atoms with E-state index in [1.165, 1.54) is 166 Å². The van der Waals surface area contributed by atoms with E-state index < -0.39 is 0 Å². The second-order valence-electron chi connectivity index (χ2n) is 10.5. The van der Waals surface area contributed by atoms with Gasteiger partial charge in [0.2, 0.25) is 0 Å². The molecule has 0 aromatic carbocycles. The van der Waals surface area contributed by atoms with E-state index in [1.54, 1.807) is 0 Å². The molecule has 0 saturated carbocycles. The van der Waals surface area contributed by atoms with Gasteiger partial charge in [0.15, 0.2) is 0 Å². The molecule has 0 spiro atoms. The van der Waals surface area contributed by atoms with Gasteiger partial charge in [0.25, 0.3) is 0 Å².